The van der Waals surface area contributed by atoms with Crippen molar-refractivity contribution in [3.8, 4) is 0 Å². The van der Waals surface area contributed by atoms with Crippen LogP contribution in [0.2, 0.25) is 0 Å². The fourth-order valence-corrected chi connectivity index (χ4v) is 1.04. The molecule has 0 aromatic heterocycles. The van der Waals surface area contributed by atoms with Crippen molar-refractivity contribution in [3.63, 3.8) is 0 Å². The Labute approximate surface area is 97.2 Å². The van der Waals surface area contributed by atoms with Gasteiger partial charge >= 0.3 is 0 Å². The zero-order valence-corrected chi connectivity index (χ0v) is 10.4. The van der Waals surface area contributed by atoms with Crippen LogP contribution in [-0.4, -0.2) is 31.4 Å². The number of carbonyl (C=O) groups is 2. The van der Waals surface area contributed by atoms with Crippen molar-refractivity contribution in [1.82, 2.24) is 10.6 Å². The van der Waals surface area contributed by atoms with Gasteiger partial charge in [0.25, 0.3) is 0 Å². The van der Waals surface area contributed by atoms with E-state index in [9.17, 15) is 9.59 Å². The lowest BCUT2D eigenvalue weighted by molar-refractivity contribution is -0.126. The van der Waals surface area contributed by atoms with E-state index in [1.165, 1.54) is 0 Å². The molecule has 0 spiro atoms. The minimum absolute atomic E-state index is 0.0475. The Morgan fingerprint density at radius 2 is 1.94 bits per heavy atom. The Balaban J connectivity index is 3.65. The molecular weight excluding hydrogens is 206 g/mol. The Morgan fingerprint density at radius 3 is 2.44 bits per heavy atom. The molecule has 0 aromatic rings. The molecule has 5 heteroatoms. The van der Waals surface area contributed by atoms with Crippen LogP contribution in [0, 0.1) is 5.41 Å². The minimum Gasteiger partial charge on any atom is -0.369 e. The first kappa shape index (κ1) is 14.9. The number of nitrogens with one attached hydrogen (secondary N) is 2. The number of hydrogen-bond donors (Lipinski definition) is 3. The van der Waals surface area contributed by atoms with E-state index >= 15 is 0 Å². The molecule has 0 rings (SSSR count). The van der Waals surface area contributed by atoms with Gasteiger partial charge in [-0.3, -0.25) is 9.59 Å². The van der Waals surface area contributed by atoms with Gasteiger partial charge in [0.2, 0.25) is 11.8 Å². The number of carbonyl (C=O) groups excluding carboxylic acids is 2. The second kappa shape index (κ2) is 7.22. The Kier molecular flexibility index (Phi) is 6.72. The van der Waals surface area contributed by atoms with Gasteiger partial charge in [-0.1, -0.05) is 13.3 Å². The highest BCUT2D eigenvalue weighted by molar-refractivity contribution is 5.80. The van der Waals surface area contributed by atoms with Crippen LogP contribution in [0.3, 0.4) is 0 Å². The van der Waals surface area contributed by atoms with E-state index in [0.717, 1.165) is 12.8 Å². The third kappa shape index (κ3) is 6.40. The van der Waals surface area contributed by atoms with Gasteiger partial charge in [-0.15, -0.1) is 0 Å². The molecule has 0 radical (unpaired) electrons. The Morgan fingerprint density at radius 1 is 1.31 bits per heavy atom. The monoisotopic (exact) mass is 229 g/mol. The van der Waals surface area contributed by atoms with Gasteiger partial charge in [0.15, 0.2) is 0 Å². The van der Waals surface area contributed by atoms with Crippen molar-refractivity contribution >= 4 is 11.8 Å². The van der Waals surface area contributed by atoms with Crippen LogP contribution in [0.4, 0.5) is 0 Å². The van der Waals surface area contributed by atoms with E-state index in [0.29, 0.717) is 13.1 Å². The first-order valence-corrected chi connectivity index (χ1v) is 5.67. The average molecular weight is 229 g/mol. The molecule has 0 aliphatic rings. The lowest BCUT2D eigenvalue weighted by atomic mass is 9.93. The number of nitrogens with two attached hydrogens (primary N) is 1. The second-order valence-corrected chi connectivity index (χ2v) is 4.56. The van der Waals surface area contributed by atoms with Crippen LogP contribution < -0.4 is 16.4 Å². The first-order valence-electron chi connectivity index (χ1n) is 5.67. The summed E-state index contributed by atoms with van der Waals surface area (Å²) in [5.74, 6) is -0.417. The summed E-state index contributed by atoms with van der Waals surface area (Å²) in [7, 11) is 0. The molecule has 0 heterocycles. The summed E-state index contributed by atoms with van der Waals surface area (Å²) in [5, 5.41) is 5.70. The van der Waals surface area contributed by atoms with E-state index in [-0.39, 0.29) is 18.4 Å². The lowest BCUT2D eigenvalue weighted by Crippen LogP contribution is -2.43. The maximum atomic E-state index is 11.3. The van der Waals surface area contributed by atoms with Crippen molar-refractivity contribution in [1.29, 1.82) is 0 Å². The van der Waals surface area contributed by atoms with E-state index in [1.807, 2.05) is 0 Å². The van der Waals surface area contributed by atoms with Gasteiger partial charge in [-0.05, 0) is 20.3 Å². The molecular formula is C11H23N3O2. The molecule has 94 valence electrons. The summed E-state index contributed by atoms with van der Waals surface area (Å²) in [6.45, 7) is 6.90. The molecule has 0 aliphatic heterocycles. The Hall–Kier alpha value is -1.10. The van der Waals surface area contributed by atoms with Crippen molar-refractivity contribution in [3.05, 3.63) is 0 Å². The van der Waals surface area contributed by atoms with E-state index in [1.54, 1.807) is 13.8 Å². The summed E-state index contributed by atoms with van der Waals surface area (Å²) < 4.78 is 0. The lowest BCUT2D eigenvalue weighted by Gasteiger charge is -2.20. The molecule has 16 heavy (non-hydrogen) atoms. The highest BCUT2D eigenvalue weighted by atomic mass is 16.2. The van der Waals surface area contributed by atoms with Crippen LogP contribution in [0.15, 0.2) is 0 Å². The van der Waals surface area contributed by atoms with Crippen molar-refractivity contribution in [2.24, 2.45) is 11.1 Å². The predicted octanol–water partition coefficient (Wildman–Crippen LogP) is 0.00380. The molecule has 4 N–H and O–H groups in total. The van der Waals surface area contributed by atoms with Crippen molar-refractivity contribution in [2.75, 3.05) is 19.6 Å². The number of amides is 2. The Bertz CT molecular complexity index is 239. The molecule has 0 saturated carbocycles. The molecule has 0 aromatic carbocycles. The highest BCUT2D eigenvalue weighted by Crippen LogP contribution is 2.11. The van der Waals surface area contributed by atoms with Crippen LogP contribution >= 0.6 is 0 Å². The van der Waals surface area contributed by atoms with Gasteiger partial charge in [0.1, 0.15) is 0 Å². The summed E-state index contributed by atoms with van der Waals surface area (Å²) >= 11 is 0. The van der Waals surface area contributed by atoms with Crippen molar-refractivity contribution in [2.45, 2.75) is 33.6 Å². The maximum Gasteiger partial charge on any atom is 0.233 e. The van der Waals surface area contributed by atoms with E-state index in [2.05, 4.69) is 17.6 Å². The topological polar surface area (TPSA) is 84.2 Å². The molecule has 0 atom stereocenters. The van der Waals surface area contributed by atoms with E-state index in [4.69, 9.17) is 5.73 Å². The number of hydrogen-bond acceptors (Lipinski definition) is 3. The first-order chi connectivity index (χ1) is 7.40. The van der Waals surface area contributed by atoms with Gasteiger partial charge in [0, 0.05) is 13.1 Å². The SMILES string of the molecule is CCCCNC(=O)CNCC(C)(C)C(N)=O. The molecule has 0 aliphatic carbocycles. The average Bonchev–Trinajstić information content (AvgIpc) is 2.17. The highest BCUT2D eigenvalue weighted by Gasteiger charge is 2.24. The second-order valence-electron chi connectivity index (χ2n) is 4.56. The van der Waals surface area contributed by atoms with Crippen LogP contribution in [0.1, 0.15) is 33.6 Å². The van der Waals surface area contributed by atoms with Gasteiger partial charge in [-0.2, -0.15) is 0 Å². The molecule has 5 nitrogen and oxygen atoms in total. The predicted molar refractivity (Wildman–Crippen MR) is 63.8 cm³/mol. The third-order valence-electron chi connectivity index (χ3n) is 2.37. The minimum atomic E-state index is -0.621. The number of unbranched alkanes of at least 4 members (excludes halogenated alkanes) is 1. The normalized spacial score (nSPS) is 11.2. The zero-order chi connectivity index (χ0) is 12.6. The fourth-order valence-electron chi connectivity index (χ4n) is 1.04. The molecule has 0 fully saturated rings. The maximum absolute atomic E-state index is 11.3. The molecule has 0 saturated heterocycles. The van der Waals surface area contributed by atoms with Crippen LogP contribution in [0.25, 0.3) is 0 Å². The zero-order valence-electron chi connectivity index (χ0n) is 10.4. The number of primary amides is 1. The summed E-state index contributed by atoms with van der Waals surface area (Å²) in [6, 6.07) is 0. The van der Waals surface area contributed by atoms with E-state index < -0.39 is 5.41 Å². The van der Waals surface area contributed by atoms with Crippen LogP contribution in [0.5, 0.6) is 0 Å². The molecule has 0 bridgehead atoms. The largest absolute Gasteiger partial charge is 0.369 e. The fraction of sp³-hybridized carbons (Fsp3) is 0.818. The molecule has 0 unspecified atom stereocenters. The smallest absolute Gasteiger partial charge is 0.233 e. The standard InChI is InChI=1S/C11H23N3O2/c1-4-5-6-14-9(15)7-13-8-11(2,3)10(12)16/h13H,4-8H2,1-3H3,(H2,12,16)(H,14,15). The number of rotatable bonds is 8. The summed E-state index contributed by atoms with van der Waals surface area (Å²) in [4.78, 5) is 22.3. The van der Waals surface area contributed by atoms with Gasteiger partial charge in [-0.25, -0.2) is 0 Å². The van der Waals surface area contributed by atoms with Gasteiger partial charge < -0.3 is 16.4 Å². The third-order valence-corrected chi connectivity index (χ3v) is 2.37. The summed E-state index contributed by atoms with van der Waals surface area (Å²) in [5.41, 5.74) is 4.58. The van der Waals surface area contributed by atoms with Crippen LogP contribution in [-0.2, 0) is 9.59 Å². The summed E-state index contributed by atoms with van der Waals surface area (Å²) in [6.07, 6.45) is 2.04. The molecule has 2 amide bonds. The van der Waals surface area contributed by atoms with Crippen molar-refractivity contribution < 1.29 is 9.59 Å². The quantitative estimate of drug-likeness (QED) is 0.512. The van der Waals surface area contributed by atoms with Gasteiger partial charge in [0.05, 0.1) is 12.0 Å².